The molecule has 1 fully saturated rings. The molecule has 1 atom stereocenters. The number of hydrogen-bond donors (Lipinski definition) is 3. The molecular weight excluding hydrogens is 318 g/mol. The second kappa shape index (κ2) is 10.1. The maximum absolute atomic E-state index is 11.9. The van der Waals surface area contributed by atoms with Gasteiger partial charge in [-0.2, -0.15) is 0 Å². The lowest BCUT2D eigenvalue weighted by Gasteiger charge is -2.21. The summed E-state index contributed by atoms with van der Waals surface area (Å²) in [6.07, 6.45) is 1.96. The normalized spacial score (nSPS) is 16.8. The van der Waals surface area contributed by atoms with E-state index >= 15 is 0 Å². The molecule has 1 saturated heterocycles. The fourth-order valence-corrected chi connectivity index (χ4v) is 2.43. The van der Waals surface area contributed by atoms with Crippen molar-refractivity contribution in [2.24, 2.45) is 5.92 Å². The van der Waals surface area contributed by atoms with Crippen LogP contribution in [0.2, 0.25) is 0 Å². The molecule has 0 aliphatic carbocycles. The van der Waals surface area contributed by atoms with Crippen molar-refractivity contribution in [3.63, 3.8) is 0 Å². The molecule has 1 aliphatic heterocycles. The van der Waals surface area contributed by atoms with Gasteiger partial charge in [0.1, 0.15) is 5.75 Å². The molecular formula is C16H24ClN3O3. The molecule has 0 bridgehead atoms. The van der Waals surface area contributed by atoms with Crippen LogP contribution in [0.4, 0.5) is 0 Å². The maximum Gasteiger partial charge on any atom is 0.251 e. The van der Waals surface area contributed by atoms with Crippen molar-refractivity contribution in [2.45, 2.75) is 12.8 Å². The summed E-state index contributed by atoms with van der Waals surface area (Å²) >= 11 is 0. The van der Waals surface area contributed by atoms with Crippen LogP contribution < -0.4 is 20.7 Å². The maximum atomic E-state index is 11.9. The summed E-state index contributed by atoms with van der Waals surface area (Å²) in [6.45, 7) is 2.58. The third-order valence-corrected chi connectivity index (χ3v) is 3.73. The highest BCUT2D eigenvalue weighted by Gasteiger charge is 2.20. The molecule has 2 rings (SSSR count). The van der Waals surface area contributed by atoms with E-state index in [9.17, 15) is 9.59 Å². The average Bonchev–Trinajstić information content (AvgIpc) is 2.59. The fourth-order valence-electron chi connectivity index (χ4n) is 2.43. The molecule has 7 heteroatoms. The molecule has 1 aromatic carbocycles. The molecule has 0 radical (unpaired) electrons. The zero-order valence-corrected chi connectivity index (χ0v) is 14.1. The minimum atomic E-state index is -0.156. The van der Waals surface area contributed by atoms with E-state index in [-0.39, 0.29) is 30.1 Å². The Labute approximate surface area is 142 Å². The zero-order chi connectivity index (χ0) is 15.8. The first-order valence-electron chi connectivity index (χ1n) is 7.61. The molecule has 1 unspecified atom stereocenters. The Hall–Kier alpha value is -1.79. The Bertz CT molecular complexity index is 502. The predicted octanol–water partition coefficient (Wildman–Crippen LogP) is 0.963. The molecule has 128 valence electrons. The van der Waals surface area contributed by atoms with Gasteiger partial charge in [-0.05, 0) is 43.7 Å². The summed E-state index contributed by atoms with van der Waals surface area (Å²) in [5.41, 5.74) is 0.573. The van der Waals surface area contributed by atoms with Gasteiger partial charge in [-0.3, -0.25) is 9.59 Å². The van der Waals surface area contributed by atoms with E-state index in [1.54, 1.807) is 31.4 Å². The average molecular weight is 342 g/mol. The number of benzene rings is 1. The van der Waals surface area contributed by atoms with E-state index < -0.39 is 0 Å². The SMILES string of the molecule is COc1ccc(C(=O)NCCNC(=O)C2CCCNC2)cc1.Cl. The number of methoxy groups -OCH3 is 1. The largest absolute Gasteiger partial charge is 0.497 e. The van der Waals surface area contributed by atoms with Gasteiger partial charge in [0.15, 0.2) is 0 Å². The van der Waals surface area contributed by atoms with E-state index in [4.69, 9.17) is 4.74 Å². The van der Waals surface area contributed by atoms with E-state index in [2.05, 4.69) is 16.0 Å². The fraction of sp³-hybridized carbons (Fsp3) is 0.500. The van der Waals surface area contributed by atoms with Crippen LogP contribution in [0.3, 0.4) is 0 Å². The quantitative estimate of drug-likeness (QED) is 0.673. The van der Waals surface area contributed by atoms with Gasteiger partial charge >= 0.3 is 0 Å². The van der Waals surface area contributed by atoms with E-state index in [0.717, 1.165) is 25.9 Å². The third kappa shape index (κ3) is 6.08. The number of nitrogens with one attached hydrogen (secondary N) is 3. The van der Waals surface area contributed by atoms with Crippen molar-refractivity contribution < 1.29 is 14.3 Å². The number of halogens is 1. The molecule has 2 amide bonds. The Morgan fingerprint density at radius 3 is 2.52 bits per heavy atom. The summed E-state index contributed by atoms with van der Waals surface area (Å²) < 4.78 is 5.05. The Kier molecular flexibility index (Phi) is 8.43. The van der Waals surface area contributed by atoms with Gasteiger partial charge in [-0.25, -0.2) is 0 Å². The summed E-state index contributed by atoms with van der Waals surface area (Å²) in [4.78, 5) is 23.8. The number of ether oxygens (including phenoxy) is 1. The van der Waals surface area contributed by atoms with E-state index in [1.807, 2.05) is 0 Å². The van der Waals surface area contributed by atoms with Crippen molar-refractivity contribution in [1.82, 2.24) is 16.0 Å². The summed E-state index contributed by atoms with van der Waals surface area (Å²) in [6, 6.07) is 6.90. The van der Waals surface area contributed by atoms with Gasteiger partial charge in [-0.1, -0.05) is 0 Å². The molecule has 0 saturated carbocycles. The Morgan fingerprint density at radius 1 is 1.22 bits per heavy atom. The van der Waals surface area contributed by atoms with Gasteiger partial charge < -0.3 is 20.7 Å². The highest BCUT2D eigenvalue weighted by atomic mass is 35.5. The highest BCUT2D eigenvalue weighted by molar-refractivity contribution is 5.94. The molecule has 23 heavy (non-hydrogen) atoms. The van der Waals surface area contributed by atoms with Crippen LogP contribution in [-0.4, -0.2) is 45.1 Å². The highest BCUT2D eigenvalue weighted by Crippen LogP contribution is 2.11. The zero-order valence-electron chi connectivity index (χ0n) is 13.3. The number of carbonyl (C=O) groups excluding carboxylic acids is 2. The van der Waals surface area contributed by atoms with Crippen LogP contribution in [0.5, 0.6) is 5.75 Å². The predicted molar refractivity (Wildman–Crippen MR) is 91.2 cm³/mol. The first-order valence-corrected chi connectivity index (χ1v) is 7.61. The van der Waals surface area contributed by atoms with Crippen LogP contribution in [0.25, 0.3) is 0 Å². The molecule has 0 aromatic heterocycles. The lowest BCUT2D eigenvalue weighted by Crippen LogP contribution is -2.42. The third-order valence-electron chi connectivity index (χ3n) is 3.73. The van der Waals surface area contributed by atoms with Crippen LogP contribution in [0.1, 0.15) is 23.2 Å². The van der Waals surface area contributed by atoms with E-state index in [1.165, 1.54) is 0 Å². The first-order chi connectivity index (χ1) is 10.7. The number of amides is 2. The lowest BCUT2D eigenvalue weighted by atomic mass is 9.99. The van der Waals surface area contributed by atoms with Crippen LogP contribution in [-0.2, 0) is 4.79 Å². The number of rotatable bonds is 6. The summed E-state index contributed by atoms with van der Waals surface area (Å²) in [5, 5.41) is 8.86. The van der Waals surface area contributed by atoms with Crippen molar-refractivity contribution in [2.75, 3.05) is 33.3 Å². The molecule has 3 N–H and O–H groups in total. The molecule has 0 spiro atoms. The van der Waals surface area contributed by atoms with Gasteiger partial charge in [0.2, 0.25) is 5.91 Å². The second-order valence-corrected chi connectivity index (χ2v) is 5.32. The minimum Gasteiger partial charge on any atom is -0.497 e. The van der Waals surface area contributed by atoms with Gasteiger partial charge in [0, 0.05) is 25.2 Å². The number of hydrogen-bond acceptors (Lipinski definition) is 4. The number of piperidine rings is 1. The van der Waals surface area contributed by atoms with Gasteiger partial charge in [0.05, 0.1) is 13.0 Å². The van der Waals surface area contributed by atoms with Crippen molar-refractivity contribution in [3.8, 4) is 5.75 Å². The standard InChI is InChI=1S/C16H23N3O3.ClH/c1-22-14-6-4-12(5-7-14)15(20)18-9-10-19-16(21)13-3-2-8-17-11-13;/h4-7,13,17H,2-3,8-11H2,1H3,(H,18,20)(H,19,21);1H. The summed E-state index contributed by atoms with van der Waals surface area (Å²) in [5.74, 6) is 0.665. The molecule has 1 heterocycles. The number of carbonyl (C=O) groups is 2. The summed E-state index contributed by atoms with van der Waals surface area (Å²) in [7, 11) is 1.58. The topological polar surface area (TPSA) is 79.5 Å². The monoisotopic (exact) mass is 341 g/mol. The van der Waals surface area contributed by atoms with Crippen molar-refractivity contribution >= 4 is 24.2 Å². The molecule has 1 aromatic rings. The van der Waals surface area contributed by atoms with Crippen LogP contribution in [0.15, 0.2) is 24.3 Å². The molecule has 1 aliphatic rings. The van der Waals surface area contributed by atoms with E-state index in [0.29, 0.717) is 24.4 Å². The Balaban J connectivity index is 0.00000264. The van der Waals surface area contributed by atoms with Crippen molar-refractivity contribution in [1.29, 1.82) is 0 Å². The van der Waals surface area contributed by atoms with Crippen molar-refractivity contribution in [3.05, 3.63) is 29.8 Å². The van der Waals surface area contributed by atoms with Crippen LogP contribution >= 0.6 is 12.4 Å². The smallest absolute Gasteiger partial charge is 0.251 e. The lowest BCUT2D eigenvalue weighted by molar-refractivity contribution is -0.125. The van der Waals surface area contributed by atoms with Gasteiger partial charge in [0.25, 0.3) is 5.91 Å². The Morgan fingerprint density at radius 2 is 1.91 bits per heavy atom. The second-order valence-electron chi connectivity index (χ2n) is 5.32. The minimum absolute atomic E-state index is 0. The van der Waals surface area contributed by atoms with Crippen LogP contribution in [0, 0.1) is 5.92 Å². The van der Waals surface area contributed by atoms with Gasteiger partial charge in [-0.15, -0.1) is 12.4 Å². The molecule has 6 nitrogen and oxygen atoms in total. The first kappa shape index (κ1) is 19.3.